The van der Waals surface area contributed by atoms with Crippen LogP contribution in [-0.4, -0.2) is 29.5 Å². The molecule has 0 spiro atoms. The minimum atomic E-state index is -0.275. The molecule has 0 unspecified atom stereocenters. The second kappa shape index (κ2) is 8.60. The minimum absolute atomic E-state index is 0.275. The first-order chi connectivity index (χ1) is 18.8. The Kier molecular flexibility index (Phi) is 5.02. The minimum Gasteiger partial charge on any atom is -0.405 e. The van der Waals surface area contributed by atoms with Gasteiger partial charge in [-0.3, -0.25) is 0 Å². The molecule has 0 radical (unpaired) electrons. The Bertz CT molecular complexity index is 1990. The lowest BCUT2D eigenvalue weighted by atomic mass is 9.79. The summed E-state index contributed by atoms with van der Waals surface area (Å²) in [4.78, 5) is 0. The second-order valence-electron chi connectivity index (χ2n) is 9.73. The van der Waals surface area contributed by atoms with Crippen molar-refractivity contribution in [2.24, 2.45) is 0 Å². The van der Waals surface area contributed by atoms with Crippen LogP contribution in [0.3, 0.4) is 0 Å². The number of hydrogen-bond acceptors (Lipinski definition) is 2. The van der Waals surface area contributed by atoms with Gasteiger partial charge in [0.1, 0.15) is 0 Å². The highest BCUT2D eigenvalue weighted by Crippen LogP contribution is 2.39. The van der Waals surface area contributed by atoms with E-state index in [1.807, 2.05) is 0 Å². The highest BCUT2D eigenvalue weighted by Gasteiger charge is 2.26. The molecular weight excluding hydrogens is 535 g/mol. The monoisotopic (exact) mass is 556 g/mol. The van der Waals surface area contributed by atoms with Crippen LogP contribution in [0.1, 0.15) is 0 Å². The fourth-order valence-electron chi connectivity index (χ4n) is 5.91. The van der Waals surface area contributed by atoms with Gasteiger partial charge in [0.25, 0.3) is 0 Å². The van der Waals surface area contributed by atoms with Crippen molar-refractivity contribution in [2.75, 3.05) is 13.2 Å². The molecule has 6 heteroatoms. The fraction of sp³-hybridized carbons (Fsp3) is 0.0625. The number of para-hydroxylation sites is 2. The SMILES string of the molecule is Brc1ccc(-n2c3ccccc3c3cc4c5ccccc5n(-c5ccc(B6OCCO6)cc5)c4cc32)cc1. The molecule has 1 aliphatic rings. The molecule has 0 atom stereocenters. The number of rotatable bonds is 3. The summed E-state index contributed by atoms with van der Waals surface area (Å²) in [6, 6.07) is 39.2. The molecule has 8 rings (SSSR count). The second-order valence-corrected chi connectivity index (χ2v) is 10.6. The van der Waals surface area contributed by atoms with Crippen molar-refractivity contribution in [3.63, 3.8) is 0 Å². The maximum atomic E-state index is 5.71. The van der Waals surface area contributed by atoms with Gasteiger partial charge in [-0.05, 0) is 66.1 Å². The summed E-state index contributed by atoms with van der Waals surface area (Å²) in [7, 11) is -0.275. The summed E-state index contributed by atoms with van der Waals surface area (Å²) >= 11 is 3.59. The van der Waals surface area contributed by atoms with Crippen LogP contribution in [0.25, 0.3) is 55.0 Å². The predicted molar refractivity (Wildman–Crippen MR) is 160 cm³/mol. The Morgan fingerprint density at radius 1 is 0.526 bits per heavy atom. The Morgan fingerprint density at radius 2 is 1.03 bits per heavy atom. The van der Waals surface area contributed by atoms with Gasteiger partial charge < -0.3 is 18.4 Å². The lowest BCUT2D eigenvalue weighted by Gasteiger charge is -2.11. The Balaban J connectivity index is 1.44. The highest BCUT2D eigenvalue weighted by molar-refractivity contribution is 9.10. The average Bonchev–Trinajstić information content (AvgIpc) is 3.68. The molecule has 2 aromatic heterocycles. The van der Waals surface area contributed by atoms with Gasteiger partial charge >= 0.3 is 7.12 Å². The molecule has 0 bridgehead atoms. The number of fused-ring (bicyclic) bond motifs is 6. The van der Waals surface area contributed by atoms with Crippen LogP contribution in [0, 0.1) is 0 Å². The van der Waals surface area contributed by atoms with Crippen molar-refractivity contribution in [1.29, 1.82) is 0 Å². The first-order valence-electron chi connectivity index (χ1n) is 12.8. The first-order valence-corrected chi connectivity index (χ1v) is 13.6. The Morgan fingerprint density at radius 3 is 1.58 bits per heavy atom. The molecule has 0 aliphatic carbocycles. The molecule has 1 fully saturated rings. The molecule has 0 N–H and O–H groups in total. The van der Waals surface area contributed by atoms with Crippen LogP contribution in [0.2, 0.25) is 0 Å². The fourth-order valence-corrected chi connectivity index (χ4v) is 6.17. The van der Waals surface area contributed by atoms with Crippen molar-refractivity contribution in [1.82, 2.24) is 9.13 Å². The number of nitrogens with zero attached hydrogens (tertiary/aromatic N) is 2. The van der Waals surface area contributed by atoms with E-state index in [0.29, 0.717) is 13.2 Å². The summed E-state index contributed by atoms with van der Waals surface area (Å²) in [5.41, 5.74) is 8.07. The van der Waals surface area contributed by atoms with Gasteiger partial charge in [-0.2, -0.15) is 0 Å². The molecule has 1 saturated heterocycles. The smallest absolute Gasteiger partial charge is 0.405 e. The summed E-state index contributed by atoms with van der Waals surface area (Å²) in [5, 5.41) is 5.00. The van der Waals surface area contributed by atoms with Crippen LogP contribution >= 0.6 is 15.9 Å². The summed E-state index contributed by atoms with van der Waals surface area (Å²) in [6.07, 6.45) is 0. The number of benzene rings is 5. The Labute approximate surface area is 228 Å². The number of hydrogen-bond donors (Lipinski definition) is 0. The largest absolute Gasteiger partial charge is 0.494 e. The van der Waals surface area contributed by atoms with E-state index in [-0.39, 0.29) is 7.12 Å². The molecule has 38 heavy (non-hydrogen) atoms. The lowest BCUT2D eigenvalue weighted by molar-refractivity contribution is 0.365. The van der Waals surface area contributed by atoms with Crippen LogP contribution in [0.15, 0.2) is 114 Å². The van der Waals surface area contributed by atoms with E-state index in [9.17, 15) is 0 Å². The number of halogens is 1. The van der Waals surface area contributed by atoms with E-state index in [2.05, 4.69) is 134 Å². The average molecular weight is 557 g/mol. The summed E-state index contributed by atoms with van der Waals surface area (Å²) in [5.74, 6) is 0. The molecular formula is C32H22BBrN2O2. The number of aromatic nitrogens is 2. The van der Waals surface area contributed by atoms with Crippen molar-refractivity contribution < 1.29 is 9.31 Å². The van der Waals surface area contributed by atoms with E-state index in [1.54, 1.807) is 0 Å². The maximum absolute atomic E-state index is 5.71. The zero-order chi connectivity index (χ0) is 25.2. The third-order valence-corrected chi connectivity index (χ3v) is 8.12. The molecule has 3 heterocycles. The van der Waals surface area contributed by atoms with Crippen molar-refractivity contribution in [2.45, 2.75) is 0 Å². The summed E-state index contributed by atoms with van der Waals surface area (Å²) in [6.45, 7) is 1.28. The normalized spacial score (nSPS) is 14.0. The Hall–Kier alpha value is -3.84. The molecule has 7 aromatic rings. The van der Waals surface area contributed by atoms with Crippen LogP contribution in [0.5, 0.6) is 0 Å². The van der Waals surface area contributed by atoms with Gasteiger partial charge in [0.2, 0.25) is 0 Å². The third-order valence-electron chi connectivity index (χ3n) is 7.60. The van der Waals surface area contributed by atoms with E-state index >= 15 is 0 Å². The molecule has 4 nitrogen and oxygen atoms in total. The third kappa shape index (κ3) is 3.31. The van der Waals surface area contributed by atoms with Crippen molar-refractivity contribution in [3.05, 3.63) is 114 Å². The molecule has 5 aromatic carbocycles. The molecule has 1 aliphatic heterocycles. The zero-order valence-corrected chi connectivity index (χ0v) is 22.1. The highest BCUT2D eigenvalue weighted by atomic mass is 79.9. The van der Waals surface area contributed by atoms with Gasteiger partial charge in [-0.15, -0.1) is 0 Å². The van der Waals surface area contributed by atoms with Gasteiger partial charge in [0.05, 0.1) is 35.3 Å². The van der Waals surface area contributed by atoms with Gasteiger partial charge in [-0.1, -0.05) is 64.5 Å². The first kappa shape index (κ1) is 22.2. The molecule has 0 saturated carbocycles. The van der Waals surface area contributed by atoms with Gasteiger partial charge in [0, 0.05) is 37.4 Å². The van der Waals surface area contributed by atoms with Crippen molar-refractivity contribution in [3.8, 4) is 11.4 Å². The standard InChI is InChI=1S/C32H22BBrN2O2/c34-22-11-15-24(16-12-22)36-30-8-4-2-6-26(30)28-19-27-25-5-1-3-7-29(25)35(31(27)20-32(28)36)23-13-9-21(10-14-23)33-37-17-18-38-33/h1-16,19-20H,17-18H2. The van der Waals surface area contributed by atoms with E-state index < -0.39 is 0 Å². The van der Waals surface area contributed by atoms with Crippen LogP contribution in [-0.2, 0) is 9.31 Å². The quantitative estimate of drug-likeness (QED) is 0.212. The van der Waals surface area contributed by atoms with Gasteiger partial charge in [0.15, 0.2) is 0 Å². The predicted octanol–water partition coefficient (Wildman–Crippen LogP) is 7.39. The molecule has 182 valence electrons. The lowest BCUT2D eigenvalue weighted by Crippen LogP contribution is -2.31. The van der Waals surface area contributed by atoms with Crippen molar-refractivity contribution >= 4 is 72.1 Å². The van der Waals surface area contributed by atoms with Gasteiger partial charge in [-0.25, -0.2) is 0 Å². The molecule has 0 amide bonds. The van der Waals surface area contributed by atoms with E-state index in [4.69, 9.17) is 9.31 Å². The van der Waals surface area contributed by atoms with Crippen LogP contribution in [0.4, 0.5) is 0 Å². The van der Waals surface area contributed by atoms with E-state index in [1.165, 1.54) is 43.6 Å². The zero-order valence-electron chi connectivity index (χ0n) is 20.5. The van der Waals surface area contributed by atoms with Crippen LogP contribution < -0.4 is 5.46 Å². The van der Waals surface area contributed by atoms with E-state index in [0.717, 1.165) is 21.3 Å². The maximum Gasteiger partial charge on any atom is 0.494 e. The topological polar surface area (TPSA) is 28.3 Å². The summed E-state index contributed by atoms with van der Waals surface area (Å²) < 4.78 is 17.2.